The Balaban J connectivity index is 1.66. The third-order valence-electron chi connectivity index (χ3n) is 4.46. The molecule has 2 unspecified atom stereocenters. The molecule has 2 atom stereocenters. The molecule has 0 aromatic heterocycles. The molecule has 3 rings (SSSR count). The lowest BCUT2D eigenvalue weighted by molar-refractivity contribution is -0.163. The van der Waals surface area contributed by atoms with Gasteiger partial charge < -0.3 is 19.7 Å². The maximum Gasteiger partial charge on any atom is 0.184 e. The molecule has 2 heterocycles. The van der Waals surface area contributed by atoms with Gasteiger partial charge in [0.1, 0.15) is 0 Å². The molecule has 2 aliphatic rings. The third-order valence-corrected chi connectivity index (χ3v) is 4.46. The van der Waals surface area contributed by atoms with E-state index in [-0.39, 0.29) is 12.4 Å². The SMILES string of the molecule is COC1OC(C)Cc2cc(CCN3CCNCC3)ccc21. The van der Waals surface area contributed by atoms with Crippen LogP contribution in [0.25, 0.3) is 0 Å². The van der Waals surface area contributed by atoms with Crippen molar-refractivity contribution in [2.45, 2.75) is 32.2 Å². The van der Waals surface area contributed by atoms with Crippen LogP contribution in [0.2, 0.25) is 0 Å². The Labute approximate surface area is 127 Å². The van der Waals surface area contributed by atoms with Crippen molar-refractivity contribution in [2.75, 3.05) is 39.8 Å². The second-order valence-electron chi connectivity index (χ2n) is 6.09. The molecule has 0 spiro atoms. The number of rotatable bonds is 4. The highest BCUT2D eigenvalue weighted by Crippen LogP contribution is 2.31. The van der Waals surface area contributed by atoms with Gasteiger partial charge in [0.15, 0.2) is 6.29 Å². The Kier molecular flexibility index (Phi) is 4.91. The van der Waals surface area contributed by atoms with Gasteiger partial charge >= 0.3 is 0 Å². The van der Waals surface area contributed by atoms with Gasteiger partial charge in [-0.3, -0.25) is 0 Å². The van der Waals surface area contributed by atoms with Crippen LogP contribution < -0.4 is 5.32 Å². The third kappa shape index (κ3) is 3.64. The van der Waals surface area contributed by atoms with E-state index >= 15 is 0 Å². The summed E-state index contributed by atoms with van der Waals surface area (Å²) < 4.78 is 11.3. The summed E-state index contributed by atoms with van der Waals surface area (Å²) in [6.07, 6.45) is 2.13. The molecule has 1 aromatic rings. The molecule has 4 heteroatoms. The lowest BCUT2D eigenvalue weighted by Crippen LogP contribution is -2.44. The molecule has 4 nitrogen and oxygen atoms in total. The van der Waals surface area contributed by atoms with E-state index in [1.807, 2.05) is 0 Å². The quantitative estimate of drug-likeness (QED) is 0.916. The second-order valence-corrected chi connectivity index (χ2v) is 6.09. The van der Waals surface area contributed by atoms with Crippen molar-refractivity contribution in [3.05, 3.63) is 34.9 Å². The van der Waals surface area contributed by atoms with Crippen molar-refractivity contribution in [3.63, 3.8) is 0 Å². The van der Waals surface area contributed by atoms with E-state index in [1.54, 1.807) is 7.11 Å². The van der Waals surface area contributed by atoms with Crippen LogP contribution in [0.1, 0.15) is 29.9 Å². The van der Waals surface area contributed by atoms with E-state index in [4.69, 9.17) is 9.47 Å². The fourth-order valence-electron chi connectivity index (χ4n) is 3.27. The lowest BCUT2D eigenvalue weighted by atomic mass is 9.95. The van der Waals surface area contributed by atoms with Crippen LogP contribution in [0.4, 0.5) is 0 Å². The van der Waals surface area contributed by atoms with Gasteiger partial charge in [-0.1, -0.05) is 18.2 Å². The number of benzene rings is 1. The van der Waals surface area contributed by atoms with E-state index in [0.717, 1.165) is 32.5 Å². The van der Waals surface area contributed by atoms with Crippen molar-refractivity contribution in [1.29, 1.82) is 0 Å². The van der Waals surface area contributed by atoms with Crippen molar-refractivity contribution >= 4 is 0 Å². The van der Waals surface area contributed by atoms with Gasteiger partial charge in [0.05, 0.1) is 6.10 Å². The largest absolute Gasteiger partial charge is 0.352 e. The molecule has 2 aliphatic heterocycles. The Bertz CT molecular complexity index is 472. The van der Waals surface area contributed by atoms with Gasteiger partial charge in [-0.25, -0.2) is 0 Å². The lowest BCUT2D eigenvalue weighted by Gasteiger charge is -2.30. The van der Waals surface area contributed by atoms with Gasteiger partial charge in [0, 0.05) is 45.4 Å². The van der Waals surface area contributed by atoms with Crippen molar-refractivity contribution in [3.8, 4) is 0 Å². The predicted molar refractivity (Wildman–Crippen MR) is 83.5 cm³/mol. The van der Waals surface area contributed by atoms with Crippen LogP contribution >= 0.6 is 0 Å². The van der Waals surface area contributed by atoms with Crippen molar-refractivity contribution < 1.29 is 9.47 Å². The maximum atomic E-state index is 5.82. The van der Waals surface area contributed by atoms with E-state index < -0.39 is 0 Å². The van der Waals surface area contributed by atoms with Crippen LogP contribution in [-0.2, 0) is 22.3 Å². The summed E-state index contributed by atoms with van der Waals surface area (Å²) in [5.74, 6) is 0. The first-order valence-electron chi connectivity index (χ1n) is 7.99. The molecule has 116 valence electrons. The van der Waals surface area contributed by atoms with Crippen LogP contribution in [0, 0.1) is 0 Å². The smallest absolute Gasteiger partial charge is 0.184 e. The fourth-order valence-corrected chi connectivity index (χ4v) is 3.27. The summed E-state index contributed by atoms with van der Waals surface area (Å²) in [5, 5.41) is 3.40. The molecule has 1 saturated heterocycles. The van der Waals surface area contributed by atoms with Gasteiger partial charge in [-0.2, -0.15) is 0 Å². The van der Waals surface area contributed by atoms with Crippen LogP contribution in [0.15, 0.2) is 18.2 Å². The van der Waals surface area contributed by atoms with Crippen LogP contribution in [0.3, 0.4) is 0 Å². The number of hydrogen-bond acceptors (Lipinski definition) is 4. The van der Waals surface area contributed by atoms with Crippen molar-refractivity contribution in [2.24, 2.45) is 0 Å². The molecule has 21 heavy (non-hydrogen) atoms. The molecule has 1 aromatic carbocycles. The minimum atomic E-state index is -0.203. The van der Waals surface area contributed by atoms with Gasteiger partial charge in [-0.05, 0) is 30.9 Å². The highest BCUT2D eigenvalue weighted by molar-refractivity contribution is 5.35. The average molecular weight is 290 g/mol. The maximum absolute atomic E-state index is 5.82. The summed E-state index contributed by atoms with van der Waals surface area (Å²) in [6, 6.07) is 6.76. The number of hydrogen-bond donors (Lipinski definition) is 1. The first-order valence-corrected chi connectivity index (χ1v) is 7.99. The Hall–Kier alpha value is -0.940. The zero-order valence-electron chi connectivity index (χ0n) is 13.1. The molecular formula is C17H26N2O2. The average Bonchev–Trinajstić information content (AvgIpc) is 2.52. The summed E-state index contributed by atoms with van der Waals surface area (Å²) in [5.41, 5.74) is 4.01. The molecule has 0 saturated carbocycles. The summed E-state index contributed by atoms with van der Waals surface area (Å²) >= 11 is 0. The molecule has 0 amide bonds. The number of nitrogens with zero attached hydrogens (tertiary/aromatic N) is 1. The van der Waals surface area contributed by atoms with Crippen LogP contribution in [0.5, 0.6) is 0 Å². The van der Waals surface area contributed by atoms with Gasteiger partial charge in [0.2, 0.25) is 0 Å². The normalized spacial score (nSPS) is 26.6. The minimum Gasteiger partial charge on any atom is -0.352 e. The first kappa shape index (κ1) is 15.0. The monoisotopic (exact) mass is 290 g/mol. The number of piperazine rings is 1. The number of methoxy groups -OCH3 is 1. The van der Waals surface area contributed by atoms with Crippen molar-refractivity contribution in [1.82, 2.24) is 10.2 Å². The fraction of sp³-hybridized carbons (Fsp3) is 0.647. The Morgan fingerprint density at radius 1 is 1.33 bits per heavy atom. The minimum absolute atomic E-state index is 0.203. The molecule has 0 bridgehead atoms. The second kappa shape index (κ2) is 6.88. The Morgan fingerprint density at radius 2 is 2.14 bits per heavy atom. The number of ether oxygens (including phenoxy) is 2. The zero-order valence-corrected chi connectivity index (χ0v) is 13.1. The Morgan fingerprint density at radius 3 is 2.90 bits per heavy atom. The van der Waals surface area contributed by atoms with E-state index in [2.05, 4.69) is 35.3 Å². The summed E-state index contributed by atoms with van der Waals surface area (Å²) in [4.78, 5) is 2.54. The van der Waals surface area contributed by atoms with E-state index in [0.29, 0.717) is 0 Å². The highest BCUT2D eigenvalue weighted by atomic mass is 16.7. The standard InChI is InChI=1S/C17H26N2O2/c1-13-11-15-12-14(3-4-16(15)17(20-2)21-13)5-8-19-9-6-18-7-10-19/h3-4,12-13,17-18H,5-11H2,1-2H3. The van der Waals surface area contributed by atoms with E-state index in [1.165, 1.54) is 29.8 Å². The summed E-state index contributed by atoms with van der Waals surface area (Å²) in [6.45, 7) is 7.84. The van der Waals surface area contributed by atoms with Gasteiger partial charge in [-0.15, -0.1) is 0 Å². The molecule has 0 aliphatic carbocycles. The molecule has 1 N–H and O–H groups in total. The first-order chi connectivity index (χ1) is 10.3. The van der Waals surface area contributed by atoms with Crippen LogP contribution in [-0.4, -0.2) is 50.8 Å². The summed E-state index contributed by atoms with van der Waals surface area (Å²) in [7, 11) is 1.71. The predicted octanol–water partition coefficient (Wildman–Crippen LogP) is 1.74. The number of fused-ring (bicyclic) bond motifs is 1. The van der Waals surface area contributed by atoms with E-state index in [9.17, 15) is 0 Å². The molecular weight excluding hydrogens is 264 g/mol. The highest BCUT2D eigenvalue weighted by Gasteiger charge is 2.25. The zero-order chi connectivity index (χ0) is 14.7. The number of nitrogens with one attached hydrogen (secondary N) is 1. The van der Waals surface area contributed by atoms with Gasteiger partial charge in [0.25, 0.3) is 0 Å². The molecule has 0 radical (unpaired) electrons. The molecule has 1 fully saturated rings. The topological polar surface area (TPSA) is 33.7 Å².